The molecule has 1 atom stereocenters. The zero-order valence-corrected chi connectivity index (χ0v) is 11.6. The van der Waals surface area contributed by atoms with Crippen molar-refractivity contribution in [3.05, 3.63) is 34.9 Å². The quantitative estimate of drug-likeness (QED) is 0.920. The van der Waals surface area contributed by atoms with Crippen LogP contribution in [0.25, 0.3) is 0 Å². The SMILES string of the molecule is Cc1cc(C(N)C(C)(C)S(C)(=O)=O)c(F)cc1F. The van der Waals surface area contributed by atoms with Gasteiger partial charge in [0, 0.05) is 17.9 Å². The van der Waals surface area contributed by atoms with Gasteiger partial charge in [-0.15, -0.1) is 0 Å². The molecule has 18 heavy (non-hydrogen) atoms. The Kier molecular flexibility index (Phi) is 3.83. The van der Waals surface area contributed by atoms with E-state index in [0.717, 1.165) is 12.3 Å². The minimum atomic E-state index is -3.47. The van der Waals surface area contributed by atoms with Crippen molar-refractivity contribution in [2.75, 3.05) is 6.26 Å². The highest BCUT2D eigenvalue weighted by Crippen LogP contribution is 2.32. The molecule has 6 heteroatoms. The number of hydrogen-bond donors (Lipinski definition) is 1. The number of aryl methyl sites for hydroxylation is 1. The molecule has 0 aliphatic heterocycles. The summed E-state index contributed by atoms with van der Waals surface area (Å²) in [5.74, 6) is -1.51. The summed E-state index contributed by atoms with van der Waals surface area (Å²) < 4.78 is 48.8. The zero-order chi connectivity index (χ0) is 14.3. The molecular weight excluding hydrogens is 260 g/mol. The van der Waals surface area contributed by atoms with Crippen molar-refractivity contribution in [3.63, 3.8) is 0 Å². The summed E-state index contributed by atoms with van der Waals surface area (Å²) >= 11 is 0. The molecule has 0 fully saturated rings. The average molecular weight is 277 g/mol. The smallest absolute Gasteiger partial charge is 0.154 e. The third-order valence-corrected chi connectivity index (χ3v) is 5.48. The van der Waals surface area contributed by atoms with Gasteiger partial charge in [-0.25, -0.2) is 17.2 Å². The molecule has 0 radical (unpaired) electrons. The number of benzene rings is 1. The fourth-order valence-electron chi connectivity index (χ4n) is 1.52. The summed E-state index contributed by atoms with van der Waals surface area (Å²) in [5, 5.41) is 0. The van der Waals surface area contributed by atoms with Crippen molar-refractivity contribution in [1.29, 1.82) is 0 Å². The van der Waals surface area contributed by atoms with E-state index in [1.165, 1.54) is 26.8 Å². The van der Waals surface area contributed by atoms with E-state index in [2.05, 4.69) is 0 Å². The van der Waals surface area contributed by atoms with Gasteiger partial charge in [-0.3, -0.25) is 0 Å². The van der Waals surface area contributed by atoms with E-state index < -0.39 is 32.3 Å². The monoisotopic (exact) mass is 277 g/mol. The van der Waals surface area contributed by atoms with E-state index >= 15 is 0 Å². The van der Waals surface area contributed by atoms with Crippen molar-refractivity contribution >= 4 is 9.84 Å². The molecule has 102 valence electrons. The van der Waals surface area contributed by atoms with Crippen LogP contribution in [0.1, 0.15) is 31.0 Å². The van der Waals surface area contributed by atoms with Crippen LogP contribution in [0.3, 0.4) is 0 Å². The number of sulfone groups is 1. The first-order valence-electron chi connectivity index (χ1n) is 5.39. The van der Waals surface area contributed by atoms with Gasteiger partial charge in [0.05, 0.1) is 10.8 Å². The fraction of sp³-hybridized carbons (Fsp3) is 0.500. The van der Waals surface area contributed by atoms with Crippen molar-refractivity contribution in [2.45, 2.75) is 31.6 Å². The lowest BCUT2D eigenvalue weighted by molar-refractivity contribution is 0.474. The van der Waals surface area contributed by atoms with E-state index in [-0.39, 0.29) is 11.1 Å². The highest BCUT2D eigenvalue weighted by molar-refractivity contribution is 7.92. The zero-order valence-electron chi connectivity index (χ0n) is 10.8. The summed E-state index contributed by atoms with van der Waals surface area (Å²) in [7, 11) is -3.47. The first-order valence-corrected chi connectivity index (χ1v) is 7.28. The second-order valence-corrected chi connectivity index (χ2v) is 7.57. The molecular formula is C12H17F2NO2S. The highest BCUT2D eigenvalue weighted by Gasteiger charge is 2.39. The lowest BCUT2D eigenvalue weighted by Crippen LogP contribution is -2.42. The third kappa shape index (κ3) is 2.54. The lowest BCUT2D eigenvalue weighted by atomic mass is 9.94. The van der Waals surface area contributed by atoms with Gasteiger partial charge in [-0.1, -0.05) is 0 Å². The maximum Gasteiger partial charge on any atom is 0.154 e. The normalized spacial score (nSPS) is 14.6. The van der Waals surface area contributed by atoms with Crippen LogP contribution in [0.2, 0.25) is 0 Å². The maximum atomic E-state index is 13.7. The molecule has 1 unspecified atom stereocenters. The molecule has 0 spiro atoms. The van der Waals surface area contributed by atoms with Crippen LogP contribution in [0, 0.1) is 18.6 Å². The Labute approximate surface area is 106 Å². The van der Waals surface area contributed by atoms with Crippen LogP contribution in [-0.2, 0) is 9.84 Å². The molecule has 3 nitrogen and oxygen atoms in total. The van der Waals surface area contributed by atoms with Crippen LogP contribution in [0.15, 0.2) is 12.1 Å². The van der Waals surface area contributed by atoms with Gasteiger partial charge in [-0.2, -0.15) is 0 Å². The molecule has 0 saturated carbocycles. The predicted molar refractivity (Wildman–Crippen MR) is 66.9 cm³/mol. The van der Waals surface area contributed by atoms with Gasteiger partial charge in [0.1, 0.15) is 11.6 Å². The fourth-order valence-corrected chi connectivity index (χ4v) is 2.11. The molecule has 0 amide bonds. The Morgan fingerprint density at radius 1 is 1.22 bits per heavy atom. The van der Waals surface area contributed by atoms with Gasteiger partial charge < -0.3 is 5.73 Å². The Balaban J connectivity index is 3.36. The van der Waals surface area contributed by atoms with E-state index in [1.54, 1.807) is 0 Å². The number of halogens is 2. The summed E-state index contributed by atoms with van der Waals surface area (Å²) in [6, 6.07) is 0.914. The van der Waals surface area contributed by atoms with Gasteiger partial charge in [-0.05, 0) is 32.4 Å². The van der Waals surface area contributed by atoms with Gasteiger partial charge in [0.2, 0.25) is 0 Å². The summed E-state index contributed by atoms with van der Waals surface area (Å²) in [6.45, 7) is 4.31. The summed E-state index contributed by atoms with van der Waals surface area (Å²) in [5.41, 5.74) is 6.07. The Hall–Kier alpha value is -1.01. The van der Waals surface area contributed by atoms with Crippen LogP contribution in [0.5, 0.6) is 0 Å². The molecule has 0 aromatic heterocycles. The topological polar surface area (TPSA) is 60.2 Å². The summed E-state index contributed by atoms with van der Waals surface area (Å²) in [4.78, 5) is 0. The van der Waals surface area contributed by atoms with Crippen molar-refractivity contribution in [1.82, 2.24) is 0 Å². The van der Waals surface area contributed by atoms with E-state index in [4.69, 9.17) is 5.73 Å². The molecule has 0 heterocycles. The lowest BCUT2D eigenvalue weighted by Gasteiger charge is -2.30. The standard InChI is InChI=1S/C12H17F2NO2S/c1-7-5-8(10(14)6-9(7)13)11(15)12(2,3)18(4,16)17/h5-6,11H,15H2,1-4H3. The van der Waals surface area contributed by atoms with Crippen LogP contribution in [0.4, 0.5) is 8.78 Å². The molecule has 0 aliphatic rings. The van der Waals surface area contributed by atoms with E-state index in [9.17, 15) is 17.2 Å². The third-order valence-electron chi connectivity index (χ3n) is 3.32. The molecule has 2 N–H and O–H groups in total. The Bertz CT molecular complexity index is 568. The molecule has 0 saturated heterocycles. The minimum absolute atomic E-state index is 0.00400. The highest BCUT2D eigenvalue weighted by atomic mass is 32.2. The number of rotatable bonds is 3. The number of nitrogens with two attached hydrogens (primary N) is 1. The first-order chi connectivity index (χ1) is 7.98. The average Bonchev–Trinajstić information content (AvgIpc) is 2.20. The minimum Gasteiger partial charge on any atom is -0.323 e. The molecule has 0 aliphatic carbocycles. The van der Waals surface area contributed by atoms with Crippen LogP contribution < -0.4 is 5.73 Å². The number of hydrogen-bond acceptors (Lipinski definition) is 3. The van der Waals surface area contributed by atoms with Crippen LogP contribution in [-0.4, -0.2) is 19.4 Å². The predicted octanol–water partition coefficient (Wildman–Crippen LogP) is 2.10. The Morgan fingerprint density at radius 2 is 1.72 bits per heavy atom. The molecule has 1 aromatic carbocycles. The maximum absolute atomic E-state index is 13.7. The van der Waals surface area contributed by atoms with Gasteiger partial charge in [0.25, 0.3) is 0 Å². The first kappa shape index (κ1) is 15.0. The van der Waals surface area contributed by atoms with Crippen molar-refractivity contribution < 1.29 is 17.2 Å². The van der Waals surface area contributed by atoms with Gasteiger partial charge >= 0.3 is 0 Å². The molecule has 1 aromatic rings. The van der Waals surface area contributed by atoms with Crippen LogP contribution >= 0.6 is 0 Å². The van der Waals surface area contributed by atoms with E-state index in [0.29, 0.717) is 0 Å². The second kappa shape index (κ2) is 4.59. The largest absolute Gasteiger partial charge is 0.323 e. The van der Waals surface area contributed by atoms with Crippen molar-refractivity contribution in [2.24, 2.45) is 5.73 Å². The summed E-state index contributed by atoms with van der Waals surface area (Å²) in [6.07, 6.45) is 1.04. The van der Waals surface area contributed by atoms with Gasteiger partial charge in [0.15, 0.2) is 9.84 Å². The Morgan fingerprint density at radius 3 is 2.17 bits per heavy atom. The molecule has 0 bridgehead atoms. The van der Waals surface area contributed by atoms with Crippen molar-refractivity contribution in [3.8, 4) is 0 Å². The molecule has 1 rings (SSSR count). The van der Waals surface area contributed by atoms with E-state index in [1.807, 2.05) is 0 Å². The second-order valence-electron chi connectivity index (χ2n) is 4.98.